The molecule has 0 bridgehead atoms. The lowest BCUT2D eigenvalue weighted by Crippen LogP contribution is -2.61. The van der Waals surface area contributed by atoms with E-state index in [0.29, 0.717) is 0 Å². The molecule has 1 aromatic carbocycles. The molecule has 27 heavy (non-hydrogen) atoms. The van der Waals surface area contributed by atoms with Crippen LogP contribution in [0.3, 0.4) is 0 Å². The minimum atomic E-state index is -0.0954. The molecule has 0 aliphatic carbocycles. The maximum absolute atomic E-state index is 12.3. The smallest absolute Gasteiger partial charge is 0.238 e. The number of carbonyl (C=O) groups is 1. The van der Waals surface area contributed by atoms with E-state index in [1.165, 1.54) is 0 Å². The molecule has 2 aliphatic heterocycles. The van der Waals surface area contributed by atoms with Gasteiger partial charge in [0.15, 0.2) is 0 Å². The number of carbonyl (C=O) groups excluding carboxylic acids is 1. The maximum Gasteiger partial charge on any atom is 0.238 e. The molecule has 144 valence electrons. The summed E-state index contributed by atoms with van der Waals surface area (Å²) in [5.41, 5.74) is 9.52. The third-order valence-corrected chi connectivity index (χ3v) is 5.38. The fourth-order valence-corrected chi connectivity index (χ4v) is 4.11. The molecule has 2 saturated heterocycles. The largest absolute Gasteiger partial charge is 0.364 e. The van der Waals surface area contributed by atoms with Gasteiger partial charge >= 0.3 is 0 Å². The Labute approximate surface area is 159 Å². The Balaban J connectivity index is 1.74. The van der Waals surface area contributed by atoms with Gasteiger partial charge in [-0.05, 0) is 52.7 Å². The van der Waals surface area contributed by atoms with Gasteiger partial charge in [-0.25, -0.2) is 15.4 Å². The van der Waals surface area contributed by atoms with Crippen molar-refractivity contribution in [1.29, 1.82) is 0 Å². The number of para-hydroxylation sites is 1. The van der Waals surface area contributed by atoms with Gasteiger partial charge < -0.3 is 10.6 Å². The standard InChI is InChI=1S/C20H28N6O/c1-10-16-13(19(27)26-25-10)9-15(22-16)12-7-6-8-14-17(12)23-18(11(2)21-14)24-20(3,4)5/h6-8,10,13,15-16,22,25H,9H2,1-5H3,(H,23,24)(H,26,27). The zero-order valence-electron chi connectivity index (χ0n) is 16.6. The van der Waals surface area contributed by atoms with E-state index in [0.717, 1.165) is 34.5 Å². The molecule has 1 aromatic heterocycles. The minimum Gasteiger partial charge on any atom is -0.364 e. The molecule has 2 fully saturated rings. The Morgan fingerprint density at radius 3 is 2.70 bits per heavy atom. The normalized spacial score (nSPS) is 28.1. The summed E-state index contributed by atoms with van der Waals surface area (Å²) in [7, 11) is 0. The number of fused-ring (bicyclic) bond motifs is 2. The van der Waals surface area contributed by atoms with Gasteiger partial charge in [-0.1, -0.05) is 12.1 Å². The van der Waals surface area contributed by atoms with Crippen LogP contribution in [-0.4, -0.2) is 33.5 Å². The third kappa shape index (κ3) is 3.37. The van der Waals surface area contributed by atoms with Crippen LogP contribution in [0, 0.1) is 12.8 Å². The minimum absolute atomic E-state index is 0.0351. The molecule has 7 heteroatoms. The van der Waals surface area contributed by atoms with Crippen molar-refractivity contribution in [2.24, 2.45) is 5.92 Å². The molecule has 0 spiro atoms. The summed E-state index contributed by atoms with van der Waals surface area (Å²) in [5.74, 6) is 0.836. The van der Waals surface area contributed by atoms with Gasteiger partial charge in [-0.15, -0.1) is 0 Å². The fourth-order valence-electron chi connectivity index (χ4n) is 4.11. The summed E-state index contributed by atoms with van der Waals surface area (Å²) in [4.78, 5) is 22.0. The predicted octanol–water partition coefficient (Wildman–Crippen LogP) is 2.19. The van der Waals surface area contributed by atoms with Crippen LogP contribution in [0.1, 0.15) is 51.4 Å². The van der Waals surface area contributed by atoms with Gasteiger partial charge in [0.05, 0.1) is 22.6 Å². The molecule has 4 unspecified atom stereocenters. The van der Waals surface area contributed by atoms with Crippen LogP contribution < -0.4 is 21.5 Å². The van der Waals surface area contributed by atoms with Gasteiger partial charge in [-0.2, -0.15) is 0 Å². The van der Waals surface area contributed by atoms with Crippen LogP contribution in [-0.2, 0) is 4.79 Å². The first kappa shape index (κ1) is 18.1. The zero-order chi connectivity index (χ0) is 19.3. The van der Waals surface area contributed by atoms with Crippen molar-refractivity contribution >= 4 is 22.8 Å². The van der Waals surface area contributed by atoms with E-state index < -0.39 is 0 Å². The number of aryl methyl sites for hydroxylation is 1. The molecular formula is C20H28N6O. The first-order chi connectivity index (χ1) is 12.7. The lowest BCUT2D eigenvalue weighted by Gasteiger charge is -2.31. The Bertz CT molecular complexity index is 890. The molecule has 4 atom stereocenters. The molecule has 1 amide bonds. The van der Waals surface area contributed by atoms with Gasteiger partial charge in [-0.3, -0.25) is 10.2 Å². The lowest BCUT2D eigenvalue weighted by atomic mass is 9.91. The number of nitrogens with one attached hydrogen (secondary N) is 4. The Morgan fingerprint density at radius 1 is 1.22 bits per heavy atom. The lowest BCUT2D eigenvalue weighted by molar-refractivity contribution is -0.129. The first-order valence-electron chi connectivity index (χ1n) is 9.60. The van der Waals surface area contributed by atoms with Crippen molar-refractivity contribution in [2.75, 3.05) is 5.32 Å². The molecule has 2 aliphatic rings. The fraction of sp³-hybridized carbons (Fsp3) is 0.550. The summed E-state index contributed by atoms with van der Waals surface area (Å²) >= 11 is 0. The highest BCUT2D eigenvalue weighted by molar-refractivity contribution is 5.83. The summed E-state index contributed by atoms with van der Waals surface area (Å²) in [6.07, 6.45) is 0.763. The highest BCUT2D eigenvalue weighted by Crippen LogP contribution is 2.36. The van der Waals surface area contributed by atoms with Crippen molar-refractivity contribution in [2.45, 2.75) is 64.7 Å². The van der Waals surface area contributed by atoms with Crippen LogP contribution in [0.25, 0.3) is 11.0 Å². The zero-order valence-corrected chi connectivity index (χ0v) is 16.6. The second kappa shape index (κ2) is 6.42. The Kier molecular flexibility index (Phi) is 4.31. The van der Waals surface area contributed by atoms with Gasteiger partial charge in [0, 0.05) is 23.7 Å². The molecule has 7 nitrogen and oxygen atoms in total. The number of aromatic nitrogens is 2. The quantitative estimate of drug-likeness (QED) is 0.650. The SMILES string of the molecule is Cc1nc2cccc(C3CC4C(=O)NNC(C)C4N3)c2nc1NC(C)(C)C. The molecule has 4 rings (SSSR count). The monoisotopic (exact) mass is 368 g/mol. The number of benzene rings is 1. The summed E-state index contributed by atoms with van der Waals surface area (Å²) in [6.45, 7) is 10.4. The average molecular weight is 368 g/mol. The van der Waals surface area contributed by atoms with Crippen molar-refractivity contribution in [3.8, 4) is 0 Å². The van der Waals surface area contributed by atoms with E-state index in [4.69, 9.17) is 9.97 Å². The van der Waals surface area contributed by atoms with Crippen LogP contribution >= 0.6 is 0 Å². The second-order valence-corrected chi connectivity index (χ2v) is 8.76. The van der Waals surface area contributed by atoms with Crippen molar-refractivity contribution in [3.05, 3.63) is 29.5 Å². The number of amides is 1. The average Bonchev–Trinajstić information content (AvgIpc) is 3.04. The van der Waals surface area contributed by atoms with E-state index in [9.17, 15) is 4.79 Å². The number of hydrogen-bond acceptors (Lipinski definition) is 6. The van der Waals surface area contributed by atoms with Crippen LogP contribution in [0.5, 0.6) is 0 Å². The number of hydrogen-bond donors (Lipinski definition) is 4. The number of nitrogens with zero attached hydrogens (tertiary/aromatic N) is 2. The number of anilines is 1. The Hall–Kier alpha value is -2.25. The van der Waals surface area contributed by atoms with E-state index in [1.807, 2.05) is 19.1 Å². The molecule has 0 radical (unpaired) electrons. The van der Waals surface area contributed by atoms with E-state index in [2.05, 4.69) is 55.2 Å². The van der Waals surface area contributed by atoms with E-state index >= 15 is 0 Å². The van der Waals surface area contributed by atoms with Gasteiger partial charge in [0.25, 0.3) is 0 Å². The summed E-state index contributed by atoms with van der Waals surface area (Å²) < 4.78 is 0. The maximum atomic E-state index is 12.3. The van der Waals surface area contributed by atoms with Crippen molar-refractivity contribution < 1.29 is 4.79 Å². The Morgan fingerprint density at radius 2 is 2.00 bits per heavy atom. The molecule has 0 saturated carbocycles. The topological polar surface area (TPSA) is 91.0 Å². The molecular weight excluding hydrogens is 340 g/mol. The predicted molar refractivity (Wildman–Crippen MR) is 106 cm³/mol. The third-order valence-electron chi connectivity index (χ3n) is 5.38. The highest BCUT2D eigenvalue weighted by Gasteiger charge is 2.44. The van der Waals surface area contributed by atoms with Crippen LogP contribution in [0.2, 0.25) is 0 Å². The first-order valence-corrected chi connectivity index (χ1v) is 9.60. The highest BCUT2D eigenvalue weighted by atomic mass is 16.2. The van der Waals surface area contributed by atoms with E-state index in [1.54, 1.807) is 0 Å². The van der Waals surface area contributed by atoms with Crippen LogP contribution in [0.15, 0.2) is 18.2 Å². The van der Waals surface area contributed by atoms with E-state index in [-0.39, 0.29) is 35.5 Å². The number of rotatable bonds is 2. The second-order valence-electron chi connectivity index (χ2n) is 8.76. The number of hydrazine groups is 1. The summed E-state index contributed by atoms with van der Waals surface area (Å²) in [6, 6.07) is 6.49. The molecule has 4 N–H and O–H groups in total. The van der Waals surface area contributed by atoms with Gasteiger partial charge in [0.1, 0.15) is 5.82 Å². The summed E-state index contributed by atoms with van der Waals surface area (Å²) in [5, 5.41) is 7.11. The molecule has 3 heterocycles. The van der Waals surface area contributed by atoms with Crippen molar-refractivity contribution in [3.63, 3.8) is 0 Å². The molecule has 2 aromatic rings. The van der Waals surface area contributed by atoms with Gasteiger partial charge in [0.2, 0.25) is 5.91 Å². The van der Waals surface area contributed by atoms with Crippen LogP contribution in [0.4, 0.5) is 5.82 Å². The van der Waals surface area contributed by atoms with Crippen molar-refractivity contribution in [1.82, 2.24) is 26.1 Å².